The lowest BCUT2D eigenvalue weighted by Gasteiger charge is -2.14. The molecule has 0 saturated heterocycles. The van der Waals surface area contributed by atoms with E-state index in [1.54, 1.807) is 25.3 Å². The maximum Gasteiger partial charge on any atom is 0.161 e. The Labute approximate surface area is 128 Å². The molecule has 0 unspecified atom stereocenters. The number of methoxy groups -OCH3 is 1. The van der Waals surface area contributed by atoms with Gasteiger partial charge in [-0.1, -0.05) is 11.6 Å². The topological polar surface area (TPSA) is 64.3 Å². The largest absolute Gasteiger partial charge is 0.495 e. The van der Waals surface area contributed by atoms with E-state index in [2.05, 4.69) is 5.32 Å². The Hall–Kier alpha value is -2.20. The van der Waals surface area contributed by atoms with Gasteiger partial charge in [-0.05, 0) is 43.7 Å². The van der Waals surface area contributed by atoms with Crippen molar-refractivity contribution in [3.8, 4) is 5.75 Å². The van der Waals surface area contributed by atoms with Gasteiger partial charge >= 0.3 is 0 Å². The Morgan fingerprint density at radius 1 is 1.29 bits per heavy atom. The summed E-state index contributed by atoms with van der Waals surface area (Å²) in [7, 11) is 1.58. The summed E-state index contributed by atoms with van der Waals surface area (Å²) in [6, 6.07) is 8.88. The number of Topliss-reactive ketones (excluding diaryl/α,β-unsaturated/α-hetero) is 1. The van der Waals surface area contributed by atoms with Crippen molar-refractivity contribution in [2.45, 2.75) is 13.8 Å². The normalized spacial score (nSPS) is 10.3. The van der Waals surface area contributed by atoms with Crippen molar-refractivity contribution in [2.24, 2.45) is 0 Å². The van der Waals surface area contributed by atoms with Gasteiger partial charge in [0.15, 0.2) is 5.78 Å². The number of halogens is 1. The van der Waals surface area contributed by atoms with Gasteiger partial charge in [0.25, 0.3) is 0 Å². The number of carbonyl (C=O) groups excluding carboxylic acids is 1. The number of ketones is 1. The van der Waals surface area contributed by atoms with Gasteiger partial charge in [0, 0.05) is 28.0 Å². The van der Waals surface area contributed by atoms with Crippen LogP contribution in [0.5, 0.6) is 5.75 Å². The van der Waals surface area contributed by atoms with Crippen LogP contribution < -0.4 is 15.8 Å². The molecule has 2 aromatic rings. The maximum atomic E-state index is 11.5. The van der Waals surface area contributed by atoms with Gasteiger partial charge in [0.2, 0.25) is 0 Å². The zero-order valence-corrected chi connectivity index (χ0v) is 12.9. The van der Waals surface area contributed by atoms with Gasteiger partial charge in [-0.2, -0.15) is 0 Å². The summed E-state index contributed by atoms with van der Waals surface area (Å²) in [5.41, 5.74) is 9.22. The van der Waals surface area contributed by atoms with Crippen molar-refractivity contribution >= 4 is 34.4 Å². The fraction of sp³-hybridized carbons (Fsp3) is 0.188. The molecular weight excluding hydrogens is 288 g/mol. The first kappa shape index (κ1) is 15.2. The number of aryl methyl sites for hydroxylation is 1. The Kier molecular flexibility index (Phi) is 4.38. The van der Waals surface area contributed by atoms with E-state index in [0.29, 0.717) is 22.0 Å². The number of nitrogen functional groups attached to an aromatic ring is 1. The Morgan fingerprint density at radius 2 is 2.00 bits per heavy atom. The van der Waals surface area contributed by atoms with Gasteiger partial charge in [-0.3, -0.25) is 4.79 Å². The summed E-state index contributed by atoms with van der Waals surface area (Å²) in [6.45, 7) is 3.40. The van der Waals surface area contributed by atoms with E-state index in [1.165, 1.54) is 6.92 Å². The van der Waals surface area contributed by atoms with Crippen molar-refractivity contribution in [3.05, 3.63) is 46.5 Å². The van der Waals surface area contributed by atoms with Crippen molar-refractivity contribution < 1.29 is 9.53 Å². The molecule has 21 heavy (non-hydrogen) atoms. The quantitative estimate of drug-likeness (QED) is 0.657. The number of hydrogen-bond acceptors (Lipinski definition) is 4. The minimum atomic E-state index is -0.0737. The highest BCUT2D eigenvalue weighted by atomic mass is 35.5. The monoisotopic (exact) mass is 304 g/mol. The minimum Gasteiger partial charge on any atom is -0.495 e. The van der Waals surface area contributed by atoms with E-state index in [0.717, 1.165) is 16.9 Å². The van der Waals surface area contributed by atoms with Crippen LogP contribution in [-0.2, 0) is 0 Å². The number of hydrogen-bond donors (Lipinski definition) is 2. The van der Waals surface area contributed by atoms with Gasteiger partial charge in [-0.15, -0.1) is 0 Å². The van der Waals surface area contributed by atoms with Gasteiger partial charge in [0.05, 0.1) is 12.8 Å². The van der Waals surface area contributed by atoms with Crippen molar-refractivity contribution in [1.29, 1.82) is 0 Å². The molecule has 110 valence electrons. The summed E-state index contributed by atoms with van der Waals surface area (Å²) in [5, 5.41) is 3.86. The van der Waals surface area contributed by atoms with Crippen LogP contribution in [0, 0.1) is 6.92 Å². The van der Waals surface area contributed by atoms with Crippen LogP contribution in [0.1, 0.15) is 22.8 Å². The molecule has 0 spiro atoms. The van der Waals surface area contributed by atoms with Crippen LogP contribution in [0.15, 0.2) is 30.3 Å². The molecule has 3 N–H and O–H groups in total. The predicted molar refractivity (Wildman–Crippen MR) is 86.9 cm³/mol. The lowest BCUT2D eigenvalue weighted by molar-refractivity contribution is 0.101. The van der Waals surface area contributed by atoms with Crippen LogP contribution in [0.25, 0.3) is 0 Å². The number of benzene rings is 2. The van der Waals surface area contributed by atoms with E-state index < -0.39 is 0 Å². The van der Waals surface area contributed by atoms with Crippen LogP contribution >= 0.6 is 11.6 Å². The molecule has 0 atom stereocenters. The van der Waals surface area contributed by atoms with Crippen LogP contribution in [0.2, 0.25) is 5.02 Å². The second-order valence-corrected chi connectivity index (χ2v) is 5.19. The summed E-state index contributed by atoms with van der Waals surface area (Å²) >= 11 is 6.09. The Morgan fingerprint density at radius 3 is 2.62 bits per heavy atom. The molecule has 0 aliphatic carbocycles. The second-order valence-electron chi connectivity index (χ2n) is 4.78. The van der Waals surface area contributed by atoms with E-state index >= 15 is 0 Å². The lowest BCUT2D eigenvalue weighted by Crippen LogP contribution is -2.02. The molecule has 0 heterocycles. The van der Waals surface area contributed by atoms with Crippen LogP contribution in [-0.4, -0.2) is 12.9 Å². The fourth-order valence-corrected chi connectivity index (χ4v) is 2.18. The highest BCUT2D eigenvalue weighted by Gasteiger charge is 2.10. The smallest absolute Gasteiger partial charge is 0.161 e. The molecule has 2 aromatic carbocycles. The van der Waals surface area contributed by atoms with E-state index in [1.807, 2.05) is 19.1 Å². The molecule has 0 saturated carbocycles. The molecule has 0 bridgehead atoms. The molecule has 0 radical (unpaired) electrons. The Balaban J connectivity index is 2.40. The van der Waals surface area contributed by atoms with Crippen molar-refractivity contribution in [1.82, 2.24) is 0 Å². The first-order chi connectivity index (χ1) is 9.92. The predicted octanol–water partition coefficient (Wildman–Crippen LogP) is 4.19. The van der Waals surface area contributed by atoms with Gasteiger partial charge in [-0.25, -0.2) is 0 Å². The summed E-state index contributed by atoms with van der Waals surface area (Å²) in [5.74, 6) is 0.558. The minimum absolute atomic E-state index is 0.0737. The zero-order valence-electron chi connectivity index (χ0n) is 12.2. The summed E-state index contributed by atoms with van der Waals surface area (Å²) in [6.07, 6.45) is 0. The van der Waals surface area contributed by atoms with Crippen LogP contribution in [0.3, 0.4) is 0 Å². The number of ether oxygens (including phenoxy) is 1. The van der Waals surface area contributed by atoms with Gasteiger partial charge in [0.1, 0.15) is 5.75 Å². The SMILES string of the molecule is COc1cc(Cl)c(C)cc1Nc1ccc(N)c(C(C)=O)c1. The zero-order chi connectivity index (χ0) is 15.6. The molecule has 0 aromatic heterocycles. The third-order valence-corrected chi connectivity index (χ3v) is 3.60. The average molecular weight is 305 g/mol. The lowest BCUT2D eigenvalue weighted by atomic mass is 10.1. The summed E-state index contributed by atoms with van der Waals surface area (Å²) in [4.78, 5) is 11.5. The molecule has 2 rings (SSSR count). The first-order valence-electron chi connectivity index (χ1n) is 6.44. The van der Waals surface area contributed by atoms with E-state index in [9.17, 15) is 4.79 Å². The number of nitrogens with two attached hydrogens (primary N) is 1. The Bertz CT molecular complexity index is 699. The molecule has 0 aliphatic heterocycles. The van der Waals surface area contributed by atoms with Gasteiger partial charge < -0.3 is 15.8 Å². The molecule has 0 aliphatic rings. The molecule has 5 heteroatoms. The number of rotatable bonds is 4. The second kappa shape index (κ2) is 6.06. The third kappa shape index (κ3) is 3.28. The van der Waals surface area contributed by atoms with E-state index in [4.69, 9.17) is 22.1 Å². The van der Waals surface area contributed by atoms with Crippen molar-refractivity contribution in [2.75, 3.05) is 18.2 Å². The number of anilines is 3. The molecule has 4 nitrogen and oxygen atoms in total. The number of nitrogens with one attached hydrogen (secondary N) is 1. The van der Waals surface area contributed by atoms with Crippen LogP contribution in [0.4, 0.5) is 17.1 Å². The highest BCUT2D eigenvalue weighted by Crippen LogP contribution is 2.33. The third-order valence-electron chi connectivity index (χ3n) is 3.19. The highest BCUT2D eigenvalue weighted by molar-refractivity contribution is 6.31. The summed E-state index contributed by atoms with van der Waals surface area (Å²) < 4.78 is 5.32. The molecule has 0 amide bonds. The standard InChI is InChI=1S/C16H17ClN2O2/c1-9-6-15(16(21-3)8-13(9)17)19-11-4-5-14(18)12(7-11)10(2)20/h4-8,19H,18H2,1-3H3. The molecular formula is C16H17ClN2O2. The van der Waals surface area contributed by atoms with E-state index in [-0.39, 0.29) is 5.78 Å². The first-order valence-corrected chi connectivity index (χ1v) is 6.81. The number of carbonyl (C=O) groups is 1. The van der Waals surface area contributed by atoms with Crippen molar-refractivity contribution in [3.63, 3.8) is 0 Å². The average Bonchev–Trinajstić information content (AvgIpc) is 2.44. The molecule has 0 fully saturated rings. The maximum absolute atomic E-state index is 11.5. The fourth-order valence-electron chi connectivity index (χ4n) is 2.02.